The van der Waals surface area contributed by atoms with Gasteiger partial charge in [-0.3, -0.25) is 20.2 Å². The highest BCUT2D eigenvalue weighted by atomic mass is 16.6. The number of aliphatic hydroxyl groups is 1. The third-order valence-corrected chi connectivity index (χ3v) is 14.0. The molecule has 0 aliphatic heterocycles. The summed E-state index contributed by atoms with van der Waals surface area (Å²) in [5.74, 6) is 8.92. The van der Waals surface area contributed by atoms with Crippen LogP contribution in [0.4, 0.5) is 11.4 Å². The first-order valence-corrected chi connectivity index (χ1v) is 19.1. The first kappa shape index (κ1) is 37.0. The summed E-state index contributed by atoms with van der Waals surface area (Å²) in [6.07, 6.45) is 10.3. The van der Waals surface area contributed by atoms with Crippen molar-refractivity contribution in [1.29, 1.82) is 0 Å². The third-order valence-electron chi connectivity index (χ3n) is 14.0. The molecule has 4 aliphatic rings. The SMILES string of the molecule is CC(C)CCCC(C)C1CCC2C3CC(O)(C#Cc4ccccc4)C4CC(OC(=O)c5ccc([N+](=O)[O-])cc5[N+](=O)[O-])CCC4(C)C3CCC12C. The fourth-order valence-corrected chi connectivity index (χ4v) is 11.5. The van der Waals surface area contributed by atoms with Gasteiger partial charge in [-0.1, -0.05) is 83.9 Å². The van der Waals surface area contributed by atoms with Crippen molar-refractivity contribution in [2.45, 2.75) is 117 Å². The molecule has 6 rings (SSSR count). The number of nitro benzene ring substituents is 2. The Morgan fingerprint density at radius 2 is 1.65 bits per heavy atom. The Labute approximate surface area is 302 Å². The second-order valence-electron chi connectivity index (χ2n) is 17.2. The Hall–Kier alpha value is -3.77. The molecular weight excluding hydrogens is 644 g/mol. The summed E-state index contributed by atoms with van der Waals surface area (Å²) in [6.45, 7) is 12.0. The molecule has 2 aromatic carbocycles. The number of nitrogens with zero attached hydrogens (tertiary/aromatic N) is 2. The molecule has 4 fully saturated rings. The van der Waals surface area contributed by atoms with Crippen LogP contribution in [0.1, 0.15) is 121 Å². The summed E-state index contributed by atoms with van der Waals surface area (Å²) >= 11 is 0. The number of esters is 1. The highest BCUT2D eigenvalue weighted by molar-refractivity contribution is 5.94. The molecule has 0 bridgehead atoms. The largest absolute Gasteiger partial charge is 0.459 e. The van der Waals surface area contributed by atoms with Crippen LogP contribution in [0.2, 0.25) is 0 Å². The zero-order valence-electron chi connectivity index (χ0n) is 30.8. The number of hydrogen-bond acceptors (Lipinski definition) is 7. The van der Waals surface area contributed by atoms with E-state index in [0.717, 1.165) is 42.5 Å². The number of non-ortho nitro benzene ring substituents is 1. The van der Waals surface area contributed by atoms with E-state index in [1.54, 1.807) is 0 Å². The molecule has 1 N–H and O–H groups in total. The predicted octanol–water partition coefficient (Wildman–Crippen LogP) is 9.54. The monoisotopic (exact) mass is 698 g/mol. The first-order valence-electron chi connectivity index (χ1n) is 19.1. The molecule has 9 heteroatoms. The van der Waals surface area contributed by atoms with Gasteiger partial charge in [-0.2, -0.15) is 0 Å². The van der Waals surface area contributed by atoms with Crippen molar-refractivity contribution in [3.05, 3.63) is 79.9 Å². The van der Waals surface area contributed by atoms with Crippen molar-refractivity contribution >= 4 is 17.3 Å². The van der Waals surface area contributed by atoms with Crippen LogP contribution < -0.4 is 0 Å². The molecule has 4 saturated carbocycles. The van der Waals surface area contributed by atoms with Gasteiger partial charge in [0, 0.05) is 17.5 Å². The second kappa shape index (κ2) is 14.3. The Bertz CT molecular complexity index is 1700. The smallest absolute Gasteiger partial charge is 0.345 e. The molecule has 0 heterocycles. The number of carbonyl (C=O) groups excluding carboxylic acids is 1. The molecule has 10 atom stereocenters. The van der Waals surface area contributed by atoms with Gasteiger partial charge in [-0.25, -0.2) is 4.79 Å². The number of ether oxygens (including phenoxy) is 1. The van der Waals surface area contributed by atoms with Crippen LogP contribution in [0.25, 0.3) is 0 Å². The van der Waals surface area contributed by atoms with Gasteiger partial charge in [0.15, 0.2) is 0 Å². The van der Waals surface area contributed by atoms with Crippen LogP contribution in [0.3, 0.4) is 0 Å². The molecule has 274 valence electrons. The Balaban J connectivity index is 1.28. The van der Waals surface area contributed by atoms with Gasteiger partial charge < -0.3 is 9.84 Å². The average molecular weight is 699 g/mol. The lowest BCUT2D eigenvalue weighted by Crippen LogP contribution is -2.63. The minimum atomic E-state index is -1.31. The number of carbonyl (C=O) groups is 1. The third kappa shape index (κ3) is 7.05. The lowest BCUT2D eigenvalue weighted by atomic mass is 9.41. The fraction of sp³-hybridized carbons (Fsp3) is 0.643. The number of hydrogen-bond donors (Lipinski definition) is 1. The Morgan fingerprint density at radius 1 is 0.941 bits per heavy atom. The molecule has 0 spiro atoms. The molecule has 0 amide bonds. The number of benzene rings is 2. The van der Waals surface area contributed by atoms with Gasteiger partial charge in [0.1, 0.15) is 17.3 Å². The van der Waals surface area contributed by atoms with Crippen molar-refractivity contribution in [1.82, 2.24) is 0 Å². The maximum atomic E-state index is 13.4. The zero-order chi connectivity index (χ0) is 36.7. The van der Waals surface area contributed by atoms with Crippen LogP contribution in [0.5, 0.6) is 0 Å². The average Bonchev–Trinajstić information content (AvgIpc) is 3.45. The van der Waals surface area contributed by atoms with Crippen LogP contribution in [-0.2, 0) is 4.74 Å². The van der Waals surface area contributed by atoms with Gasteiger partial charge >= 0.3 is 5.97 Å². The van der Waals surface area contributed by atoms with Gasteiger partial charge in [0.05, 0.1) is 15.9 Å². The minimum absolute atomic E-state index is 0.229. The summed E-state index contributed by atoms with van der Waals surface area (Å²) in [5.41, 5.74) is -1.91. The lowest BCUT2D eigenvalue weighted by Gasteiger charge is -2.64. The summed E-state index contributed by atoms with van der Waals surface area (Å²) in [6, 6.07) is 12.7. The van der Waals surface area contributed by atoms with Crippen molar-refractivity contribution in [2.75, 3.05) is 0 Å². The molecule has 0 saturated heterocycles. The van der Waals surface area contributed by atoms with Gasteiger partial charge in [-0.15, -0.1) is 0 Å². The molecule has 0 aromatic heterocycles. The quantitative estimate of drug-likeness (QED) is 0.119. The fourth-order valence-electron chi connectivity index (χ4n) is 11.5. The lowest BCUT2D eigenvalue weighted by molar-refractivity contribution is -0.394. The zero-order valence-corrected chi connectivity index (χ0v) is 30.8. The Kier molecular flexibility index (Phi) is 10.4. The van der Waals surface area contributed by atoms with E-state index in [4.69, 9.17) is 4.74 Å². The molecule has 10 unspecified atom stereocenters. The maximum absolute atomic E-state index is 13.4. The summed E-state index contributed by atoms with van der Waals surface area (Å²) in [4.78, 5) is 34.9. The molecular formula is C42H54N2O7. The van der Waals surface area contributed by atoms with E-state index < -0.39 is 38.9 Å². The minimum Gasteiger partial charge on any atom is -0.459 e. The van der Waals surface area contributed by atoms with Crippen molar-refractivity contribution in [3.8, 4) is 11.8 Å². The van der Waals surface area contributed by atoms with E-state index >= 15 is 0 Å². The summed E-state index contributed by atoms with van der Waals surface area (Å²) < 4.78 is 5.95. The normalized spacial score (nSPS) is 34.6. The van der Waals surface area contributed by atoms with Crippen LogP contribution in [0.15, 0.2) is 48.5 Å². The van der Waals surface area contributed by atoms with Crippen molar-refractivity contribution < 1.29 is 24.5 Å². The van der Waals surface area contributed by atoms with Crippen LogP contribution >= 0.6 is 0 Å². The van der Waals surface area contributed by atoms with E-state index in [1.165, 1.54) is 38.5 Å². The summed E-state index contributed by atoms with van der Waals surface area (Å²) in [7, 11) is 0. The topological polar surface area (TPSA) is 133 Å². The maximum Gasteiger partial charge on any atom is 0.345 e. The highest BCUT2D eigenvalue weighted by Gasteiger charge is 2.66. The first-order chi connectivity index (χ1) is 24.2. The number of rotatable bonds is 9. The second-order valence-corrected chi connectivity index (χ2v) is 17.2. The van der Waals surface area contributed by atoms with E-state index in [0.29, 0.717) is 48.9 Å². The van der Waals surface area contributed by atoms with Gasteiger partial charge in [0.2, 0.25) is 0 Å². The molecule has 9 nitrogen and oxygen atoms in total. The van der Waals surface area contributed by atoms with Crippen molar-refractivity contribution in [2.24, 2.45) is 52.3 Å². The van der Waals surface area contributed by atoms with E-state index in [2.05, 4.69) is 46.5 Å². The standard InChI is InChI=1S/C42H54N2O7/c1-27(2)10-9-11-28(3)34-16-17-35-33-26-42(46,23-18-29-12-7-6-8-13-29)38-25-31(19-21-41(38,5)36(33)20-22-40(34,35)4)51-39(45)32-15-14-30(43(47)48)24-37(32)44(49)50/h6-8,12-15,24,27-28,31,33-36,38,46H,9-11,16-17,19-22,25-26H2,1-5H3. The predicted molar refractivity (Wildman–Crippen MR) is 196 cm³/mol. The van der Waals surface area contributed by atoms with Crippen LogP contribution in [-0.4, -0.2) is 32.6 Å². The van der Waals surface area contributed by atoms with Crippen LogP contribution in [0, 0.1) is 84.3 Å². The van der Waals surface area contributed by atoms with Gasteiger partial charge in [0.25, 0.3) is 11.4 Å². The highest BCUT2D eigenvalue weighted by Crippen LogP contribution is 2.70. The Morgan fingerprint density at radius 3 is 2.33 bits per heavy atom. The molecule has 51 heavy (non-hydrogen) atoms. The number of nitro groups is 2. The number of fused-ring (bicyclic) bond motifs is 5. The van der Waals surface area contributed by atoms with Gasteiger partial charge in [-0.05, 0) is 116 Å². The summed E-state index contributed by atoms with van der Waals surface area (Å²) in [5, 5.41) is 35.9. The van der Waals surface area contributed by atoms with E-state index in [9.17, 15) is 30.1 Å². The van der Waals surface area contributed by atoms with E-state index in [1.807, 2.05) is 30.3 Å². The molecule has 2 aromatic rings. The van der Waals surface area contributed by atoms with E-state index in [-0.39, 0.29) is 22.3 Å². The molecule has 4 aliphatic carbocycles. The molecule has 0 radical (unpaired) electrons. The van der Waals surface area contributed by atoms with Crippen molar-refractivity contribution in [3.63, 3.8) is 0 Å².